The van der Waals surface area contributed by atoms with E-state index in [1.54, 1.807) is 0 Å². The van der Waals surface area contributed by atoms with E-state index in [2.05, 4.69) is 31.8 Å². The van der Waals surface area contributed by atoms with E-state index in [1.807, 2.05) is 19.1 Å². The quantitative estimate of drug-likeness (QED) is 0.558. The van der Waals surface area contributed by atoms with Gasteiger partial charge in [-0.1, -0.05) is 19.9 Å². The minimum atomic E-state index is 0.158. The third-order valence-electron chi connectivity index (χ3n) is 3.18. The Balaban J connectivity index is 2.80. The molecule has 0 saturated heterocycles. The van der Waals surface area contributed by atoms with Crippen LogP contribution in [0.25, 0.3) is 0 Å². The molecule has 1 atom stereocenters. The van der Waals surface area contributed by atoms with Gasteiger partial charge in [0.05, 0.1) is 13.2 Å². The van der Waals surface area contributed by atoms with E-state index < -0.39 is 0 Å². The van der Waals surface area contributed by atoms with Crippen molar-refractivity contribution in [1.82, 2.24) is 0 Å². The summed E-state index contributed by atoms with van der Waals surface area (Å²) in [6.45, 7) is 7.34. The van der Waals surface area contributed by atoms with E-state index in [4.69, 9.17) is 15.2 Å². The highest BCUT2D eigenvalue weighted by Crippen LogP contribution is 2.26. The predicted octanol–water partition coefficient (Wildman–Crippen LogP) is 3.55. The average molecular weight is 289 g/mol. The van der Waals surface area contributed by atoms with Crippen LogP contribution in [0.3, 0.4) is 0 Å². The van der Waals surface area contributed by atoms with Crippen molar-refractivity contribution in [2.75, 3.05) is 13.2 Å². The lowest BCUT2D eigenvalue weighted by atomic mass is 10.0. The zero-order valence-corrected chi connectivity index (χ0v) is 13.4. The molecule has 0 bridgehead atoms. The van der Waals surface area contributed by atoms with Gasteiger partial charge in [0.25, 0.3) is 0 Å². The van der Waals surface area contributed by atoms with Crippen molar-refractivity contribution in [2.45, 2.75) is 52.5 Å². The maximum absolute atomic E-state index is 6.06. The number of ether oxygens (including phenoxy) is 2. The van der Waals surface area contributed by atoms with Gasteiger partial charge < -0.3 is 15.2 Å². The minimum absolute atomic E-state index is 0.158. The van der Waals surface area contributed by atoms with Crippen LogP contribution in [0.5, 0.6) is 11.5 Å². The van der Waals surface area contributed by atoms with Gasteiger partial charge in [-0.15, -0.1) is 11.8 Å². The second-order valence-electron chi connectivity index (χ2n) is 5.02. The van der Waals surface area contributed by atoms with E-state index in [0.29, 0.717) is 13.2 Å². The fourth-order valence-electron chi connectivity index (χ4n) is 1.91. The molecule has 3 heteroatoms. The van der Waals surface area contributed by atoms with E-state index in [-0.39, 0.29) is 6.04 Å². The maximum atomic E-state index is 6.06. The van der Waals surface area contributed by atoms with Crippen LogP contribution in [-0.4, -0.2) is 19.3 Å². The molecule has 0 heterocycles. The monoisotopic (exact) mass is 289 g/mol. The summed E-state index contributed by atoms with van der Waals surface area (Å²) in [5, 5.41) is 0. The van der Waals surface area contributed by atoms with Gasteiger partial charge in [0.15, 0.2) is 0 Å². The van der Waals surface area contributed by atoms with Crippen LogP contribution in [0.2, 0.25) is 0 Å². The fourth-order valence-corrected chi connectivity index (χ4v) is 1.91. The standard InChI is InChI=1S/C18H27NO2/c1-4-7-8-12-21-18-14-17(20-11-5-2)10-9-15(18)13-16(19)6-3/h9-10,14,16H,5-6,8,11-13,19H2,1-3H3. The highest BCUT2D eigenvalue weighted by molar-refractivity contribution is 5.41. The zero-order valence-electron chi connectivity index (χ0n) is 13.4. The molecule has 3 nitrogen and oxygen atoms in total. The molecule has 0 fully saturated rings. The van der Waals surface area contributed by atoms with Crippen LogP contribution in [-0.2, 0) is 6.42 Å². The summed E-state index contributed by atoms with van der Waals surface area (Å²) >= 11 is 0. The number of benzene rings is 1. The van der Waals surface area contributed by atoms with Gasteiger partial charge in [0, 0.05) is 18.5 Å². The van der Waals surface area contributed by atoms with Crippen molar-refractivity contribution in [3.8, 4) is 23.3 Å². The lowest BCUT2D eigenvalue weighted by Gasteiger charge is -2.15. The molecule has 2 N–H and O–H groups in total. The zero-order chi connectivity index (χ0) is 15.5. The summed E-state index contributed by atoms with van der Waals surface area (Å²) in [6.07, 6.45) is 3.49. The van der Waals surface area contributed by atoms with Crippen LogP contribution < -0.4 is 15.2 Å². The van der Waals surface area contributed by atoms with E-state index in [0.717, 1.165) is 42.7 Å². The van der Waals surface area contributed by atoms with Crippen LogP contribution in [0.4, 0.5) is 0 Å². The molecule has 1 aromatic rings. The molecular formula is C18H27NO2. The van der Waals surface area contributed by atoms with Crippen LogP contribution in [0.1, 0.15) is 45.6 Å². The number of hydrogen-bond donors (Lipinski definition) is 1. The highest BCUT2D eigenvalue weighted by Gasteiger charge is 2.09. The molecule has 0 radical (unpaired) electrons. The van der Waals surface area contributed by atoms with Crippen LogP contribution in [0, 0.1) is 11.8 Å². The Morgan fingerprint density at radius 3 is 2.67 bits per heavy atom. The fraction of sp³-hybridized carbons (Fsp3) is 0.556. The third-order valence-corrected chi connectivity index (χ3v) is 3.18. The first kappa shape index (κ1) is 17.4. The first-order valence-corrected chi connectivity index (χ1v) is 7.74. The van der Waals surface area contributed by atoms with Crippen LogP contribution in [0.15, 0.2) is 18.2 Å². The highest BCUT2D eigenvalue weighted by atomic mass is 16.5. The Kier molecular flexibility index (Phi) is 8.38. The summed E-state index contributed by atoms with van der Waals surface area (Å²) < 4.78 is 11.5. The molecule has 0 aliphatic heterocycles. The number of rotatable bonds is 9. The molecule has 116 valence electrons. The van der Waals surface area contributed by atoms with Gasteiger partial charge in [0.1, 0.15) is 11.5 Å². The summed E-state index contributed by atoms with van der Waals surface area (Å²) in [7, 11) is 0. The van der Waals surface area contributed by atoms with Crippen molar-refractivity contribution >= 4 is 0 Å². The van der Waals surface area contributed by atoms with Gasteiger partial charge in [0.2, 0.25) is 0 Å². The topological polar surface area (TPSA) is 44.5 Å². The minimum Gasteiger partial charge on any atom is -0.493 e. The Morgan fingerprint density at radius 1 is 1.19 bits per heavy atom. The predicted molar refractivity (Wildman–Crippen MR) is 87.8 cm³/mol. The molecule has 0 amide bonds. The summed E-state index contributed by atoms with van der Waals surface area (Å²) in [6, 6.07) is 6.17. The summed E-state index contributed by atoms with van der Waals surface area (Å²) in [5.41, 5.74) is 7.20. The molecule has 0 aliphatic carbocycles. The molecule has 1 rings (SSSR count). The normalized spacial score (nSPS) is 11.4. The largest absolute Gasteiger partial charge is 0.493 e. The third kappa shape index (κ3) is 6.55. The average Bonchev–Trinajstić information content (AvgIpc) is 2.51. The Morgan fingerprint density at radius 2 is 2.00 bits per heavy atom. The lowest BCUT2D eigenvalue weighted by Crippen LogP contribution is -2.21. The maximum Gasteiger partial charge on any atom is 0.126 e. The van der Waals surface area contributed by atoms with Crippen molar-refractivity contribution in [3.63, 3.8) is 0 Å². The molecule has 21 heavy (non-hydrogen) atoms. The molecule has 0 spiro atoms. The van der Waals surface area contributed by atoms with Crippen LogP contribution >= 0.6 is 0 Å². The Bertz CT molecular complexity index is 474. The van der Waals surface area contributed by atoms with Gasteiger partial charge in [-0.2, -0.15) is 0 Å². The van der Waals surface area contributed by atoms with Crippen molar-refractivity contribution in [3.05, 3.63) is 23.8 Å². The van der Waals surface area contributed by atoms with Crippen molar-refractivity contribution in [2.24, 2.45) is 5.73 Å². The molecule has 0 aromatic heterocycles. The first-order chi connectivity index (χ1) is 10.2. The molecule has 1 unspecified atom stereocenters. The van der Waals surface area contributed by atoms with Gasteiger partial charge in [-0.3, -0.25) is 0 Å². The second kappa shape index (κ2) is 10.1. The number of nitrogens with two attached hydrogens (primary N) is 1. The van der Waals surface area contributed by atoms with Crippen molar-refractivity contribution < 1.29 is 9.47 Å². The summed E-state index contributed by atoms with van der Waals surface area (Å²) in [4.78, 5) is 0. The molecule has 0 saturated carbocycles. The molecular weight excluding hydrogens is 262 g/mol. The second-order valence-corrected chi connectivity index (χ2v) is 5.02. The van der Waals surface area contributed by atoms with E-state index in [1.165, 1.54) is 0 Å². The molecule has 0 aliphatic rings. The van der Waals surface area contributed by atoms with E-state index in [9.17, 15) is 0 Å². The smallest absolute Gasteiger partial charge is 0.126 e. The Hall–Kier alpha value is -1.66. The van der Waals surface area contributed by atoms with Gasteiger partial charge in [-0.25, -0.2) is 0 Å². The van der Waals surface area contributed by atoms with Crippen molar-refractivity contribution in [1.29, 1.82) is 0 Å². The lowest BCUT2D eigenvalue weighted by molar-refractivity contribution is 0.303. The molecule has 1 aromatic carbocycles. The van der Waals surface area contributed by atoms with Gasteiger partial charge >= 0.3 is 0 Å². The Labute approximate surface area is 128 Å². The van der Waals surface area contributed by atoms with E-state index >= 15 is 0 Å². The summed E-state index contributed by atoms with van der Waals surface area (Å²) in [5.74, 6) is 7.60. The SMILES string of the molecule is CC#CCCOc1cc(OCCC)ccc1CC(N)CC. The number of hydrogen-bond acceptors (Lipinski definition) is 3. The van der Waals surface area contributed by atoms with Gasteiger partial charge in [-0.05, 0) is 37.8 Å². The first-order valence-electron chi connectivity index (χ1n) is 7.74.